The Morgan fingerprint density at radius 3 is 2.53 bits per heavy atom. The van der Waals surface area contributed by atoms with Gasteiger partial charge in [0, 0.05) is 22.6 Å². The number of carbonyl (C=O) groups is 1. The number of nitrogens with one attached hydrogen (secondary N) is 1. The van der Waals surface area contributed by atoms with Gasteiger partial charge in [0.15, 0.2) is 23.0 Å². The SMILES string of the molecule is COC1=CC2CCN(CCCCNC(=O)c3cc(I)cc(OC)c3OCCF)CC2C=C1OC. The molecule has 2 aliphatic rings. The molecule has 0 bridgehead atoms. The molecular formula is C25H34FIN2O5. The minimum atomic E-state index is -0.638. The summed E-state index contributed by atoms with van der Waals surface area (Å²) in [6.45, 7) is 2.82. The number of ether oxygens (including phenoxy) is 4. The first kappa shape index (κ1) is 26.6. The maximum absolute atomic E-state index is 12.8. The molecule has 3 rings (SSSR count). The van der Waals surface area contributed by atoms with E-state index in [1.807, 2.05) is 0 Å². The van der Waals surface area contributed by atoms with E-state index in [0.717, 1.165) is 54.0 Å². The Balaban J connectivity index is 1.46. The van der Waals surface area contributed by atoms with Crippen LogP contribution in [0, 0.1) is 15.4 Å². The average Bonchev–Trinajstić information content (AvgIpc) is 2.85. The smallest absolute Gasteiger partial charge is 0.255 e. The molecule has 1 heterocycles. The van der Waals surface area contributed by atoms with E-state index >= 15 is 0 Å². The molecule has 0 aromatic heterocycles. The maximum Gasteiger partial charge on any atom is 0.255 e. The first-order valence-corrected chi connectivity index (χ1v) is 12.7. The highest BCUT2D eigenvalue weighted by molar-refractivity contribution is 14.1. The zero-order valence-corrected chi connectivity index (χ0v) is 22.2. The van der Waals surface area contributed by atoms with Gasteiger partial charge in [-0.05, 0) is 85.1 Å². The van der Waals surface area contributed by atoms with Crippen molar-refractivity contribution in [3.63, 3.8) is 0 Å². The molecule has 1 amide bonds. The van der Waals surface area contributed by atoms with Crippen LogP contribution in [0.25, 0.3) is 0 Å². The summed E-state index contributed by atoms with van der Waals surface area (Å²) in [5.74, 6) is 3.03. The van der Waals surface area contributed by atoms with Gasteiger partial charge in [0.25, 0.3) is 5.91 Å². The summed E-state index contributed by atoms with van der Waals surface area (Å²) in [6, 6.07) is 3.49. The van der Waals surface area contributed by atoms with Crippen LogP contribution >= 0.6 is 22.6 Å². The number of amides is 1. The predicted octanol–water partition coefficient (Wildman–Crippen LogP) is 4.17. The van der Waals surface area contributed by atoms with Crippen LogP contribution in [0.1, 0.15) is 29.6 Å². The summed E-state index contributed by atoms with van der Waals surface area (Å²) >= 11 is 2.12. The summed E-state index contributed by atoms with van der Waals surface area (Å²) in [6.07, 6.45) is 7.33. The Morgan fingerprint density at radius 1 is 1.12 bits per heavy atom. The molecule has 188 valence electrons. The van der Waals surface area contributed by atoms with Gasteiger partial charge in [0.2, 0.25) is 0 Å². The van der Waals surface area contributed by atoms with Gasteiger partial charge in [-0.25, -0.2) is 4.39 Å². The van der Waals surface area contributed by atoms with Gasteiger partial charge in [-0.3, -0.25) is 4.79 Å². The topological polar surface area (TPSA) is 69.3 Å². The van der Waals surface area contributed by atoms with E-state index in [2.05, 4.69) is 45.0 Å². The molecule has 2 unspecified atom stereocenters. The number of carbonyl (C=O) groups excluding carboxylic acids is 1. The van der Waals surface area contributed by atoms with Crippen molar-refractivity contribution in [1.29, 1.82) is 0 Å². The lowest BCUT2D eigenvalue weighted by Crippen LogP contribution is -2.41. The van der Waals surface area contributed by atoms with Crippen molar-refractivity contribution < 1.29 is 28.1 Å². The molecule has 0 spiro atoms. The Morgan fingerprint density at radius 2 is 1.85 bits per heavy atom. The molecule has 1 aliphatic carbocycles. The van der Waals surface area contributed by atoms with Gasteiger partial charge in [-0.1, -0.05) is 0 Å². The molecule has 0 saturated carbocycles. The number of alkyl halides is 1. The second kappa shape index (κ2) is 13.2. The highest BCUT2D eigenvalue weighted by Gasteiger charge is 2.31. The quantitative estimate of drug-likeness (QED) is 0.292. The Bertz CT molecular complexity index is 908. The first-order valence-electron chi connectivity index (χ1n) is 11.6. The van der Waals surface area contributed by atoms with Gasteiger partial charge in [-0.2, -0.15) is 0 Å². The van der Waals surface area contributed by atoms with Crippen LogP contribution in [-0.4, -0.2) is 71.6 Å². The second-order valence-electron chi connectivity index (χ2n) is 8.37. The number of unbranched alkanes of at least 4 members (excludes halogenated alkanes) is 1. The minimum absolute atomic E-state index is 0.126. The molecule has 1 aromatic carbocycles. The third-order valence-electron chi connectivity index (χ3n) is 6.21. The van der Waals surface area contributed by atoms with E-state index in [0.29, 0.717) is 29.7 Å². The molecule has 1 saturated heterocycles. The van der Waals surface area contributed by atoms with Crippen LogP contribution in [0.5, 0.6) is 11.5 Å². The Labute approximate surface area is 214 Å². The fourth-order valence-corrected chi connectivity index (χ4v) is 5.08. The van der Waals surface area contributed by atoms with Crippen LogP contribution < -0.4 is 14.8 Å². The van der Waals surface area contributed by atoms with Gasteiger partial charge in [-0.15, -0.1) is 0 Å². The lowest BCUT2D eigenvalue weighted by Gasteiger charge is -2.38. The molecule has 1 aromatic rings. The molecule has 34 heavy (non-hydrogen) atoms. The number of rotatable bonds is 12. The fraction of sp³-hybridized carbons (Fsp3) is 0.560. The van der Waals surface area contributed by atoms with Crippen LogP contribution in [0.4, 0.5) is 4.39 Å². The number of allylic oxidation sites excluding steroid dienone is 1. The third kappa shape index (κ3) is 6.78. The molecule has 7 nitrogen and oxygen atoms in total. The maximum atomic E-state index is 12.8. The fourth-order valence-electron chi connectivity index (χ4n) is 4.48. The van der Waals surface area contributed by atoms with Crippen LogP contribution in [0.2, 0.25) is 0 Å². The Kier molecular flexibility index (Phi) is 10.3. The molecular weight excluding hydrogens is 554 g/mol. The predicted molar refractivity (Wildman–Crippen MR) is 137 cm³/mol. The van der Waals surface area contributed by atoms with Crippen LogP contribution in [-0.2, 0) is 9.47 Å². The zero-order chi connectivity index (χ0) is 24.5. The Hall–Kier alpha value is -2.01. The van der Waals surface area contributed by atoms with Crippen molar-refractivity contribution in [3.8, 4) is 11.5 Å². The van der Waals surface area contributed by atoms with E-state index in [1.54, 1.807) is 26.4 Å². The lowest BCUT2D eigenvalue weighted by molar-refractivity contribution is 0.0946. The van der Waals surface area contributed by atoms with Crippen molar-refractivity contribution in [2.75, 3.05) is 60.8 Å². The highest BCUT2D eigenvalue weighted by atomic mass is 127. The lowest BCUT2D eigenvalue weighted by atomic mass is 9.81. The van der Waals surface area contributed by atoms with E-state index in [4.69, 9.17) is 18.9 Å². The number of halogens is 2. The summed E-state index contributed by atoms with van der Waals surface area (Å²) in [4.78, 5) is 15.3. The van der Waals surface area contributed by atoms with Crippen molar-refractivity contribution >= 4 is 28.5 Å². The third-order valence-corrected chi connectivity index (χ3v) is 6.83. The number of hydrogen-bond donors (Lipinski definition) is 1. The van der Waals surface area contributed by atoms with E-state index < -0.39 is 6.67 Å². The summed E-state index contributed by atoms with van der Waals surface area (Å²) in [7, 11) is 4.86. The van der Waals surface area contributed by atoms with E-state index in [-0.39, 0.29) is 18.3 Å². The van der Waals surface area contributed by atoms with E-state index in [1.165, 1.54) is 7.11 Å². The number of methoxy groups -OCH3 is 3. The number of nitrogens with zero attached hydrogens (tertiary/aromatic N) is 1. The van der Waals surface area contributed by atoms with Crippen LogP contribution in [0.15, 0.2) is 35.8 Å². The summed E-state index contributed by atoms with van der Waals surface area (Å²) in [5.41, 5.74) is 0.362. The summed E-state index contributed by atoms with van der Waals surface area (Å²) in [5, 5.41) is 2.96. The molecule has 1 fully saturated rings. The molecule has 1 aliphatic heterocycles. The van der Waals surface area contributed by atoms with Crippen molar-refractivity contribution in [3.05, 3.63) is 44.9 Å². The number of likely N-dealkylation sites (tertiary alicyclic amines) is 1. The van der Waals surface area contributed by atoms with Gasteiger partial charge < -0.3 is 29.2 Å². The summed E-state index contributed by atoms with van der Waals surface area (Å²) < 4.78 is 35.2. The number of fused-ring (bicyclic) bond motifs is 1. The number of piperidine rings is 1. The molecule has 9 heteroatoms. The first-order chi connectivity index (χ1) is 16.5. The molecule has 1 N–H and O–H groups in total. The average molecular weight is 588 g/mol. The second-order valence-corrected chi connectivity index (χ2v) is 9.62. The number of hydrogen-bond acceptors (Lipinski definition) is 6. The minimum Gasteiger partial charge on any atom is -0.493 e. The van der Waals surface area contributed by atoms with Crippen molar-refractivity contribution in [1.82, 2.24) is 10.2 Å². The zero-order valence-electron chi connectivity index (χ0n) is 20.1. The van der Waals surface area contributed by atoms with Gasteiger partial charge >= 0.3 is 0 Å². The highest BCUT2D eigenvalue weighted by Crippen LogP contribution is 2.35. The van der Waals surface area contributed by atoms with Gasteiger partial charge in [0.1, 0.15) is 13.3 Å². The molecule has 0 radical (unpaired) electrons. The van der Waals surface area contributed by atoms with Crippen LogP contribution in [0.3, 0.4) is 0 Å². The van der Waals surface area contributed by atoms with Gasteiger partial charge in [0.05, 0.1) is 26.9 Å². The van der Waals surface area contributed by atoms with Crippen molar-refractivity contribution in [2.45, 2.75) is 19.3 Å². The molecule has 2 atom stereocenters. The monoisotopic (exact) mass is 588 g/mol. The standard InChI is InChI=1S/C25H34FIN2O5/c1-31-21-12-17-6-10-29(16-18(17)13-22(21)32-2)9-5-4-8-28-25(30)20-14-19(27)15-23(33-3)24(20)34-11-7-26/h12-15,17-18H,4-11,16H2,1-3H3,(H,28,30). The van der Waals surface area contributed by atoms with Crippen molar-refractivity contribution in [2.24, 2.45) is 11.8 Å². The largest absolute Gasteiger partial charge is 0.493 e. The normalized spacial score (nSPS) is 20.0. The van der Waals surface area contributed by atoms with E-state index in [9.17, 15) is 9.18 Å². The number of benzene rings is 1.